The molecule has 0 spiro atoms. The predicted molar refractivity (Wildman–Crippen MR) is 78.8 cm³/mol. The first-order valence-corrected chi connectivity index (χ1v) is 8.09. The molecule has 100 valence electrons. The van der Waals surface area contributed by atoms with Gasteiger partial charge in [0.15, 0.2) is 0 Å². The molecule has 1 aliphatic carbocycles. The molecular formula is C13H19BrN2OS. The smallest absolute Gasteiger partial charge is 0.220 e. The van der Waals surface area contributed by atoms with Gasteiger partial charge in [-0.1, -0.05) is 0 Å². The topological polar surface area (TPSA) is 41.1 Å². The number of nitrogens with one attached hydrogen (secondary N) is 2. The Balaban J connectivity index is 1.58. The summed E-state index contributed by atoms with van der Waals surface area (Å²) in [6.07, 6.45) is 3.85. The summed E-state index contributed by atoms with van der Waals surface area (Å²) in [6.45, 7) is 3.04. The number of rotatable bonds is 7. The second-order valence-corrected chi connectivity index (χ2v) is 6.65. The Morgan fingerprint density at radius 3 is 3.00 bits per heavy atom. The molecule has 0 aromatic carbocycles. The van der Waals surface area contributed by atoms with Gasteiger partial charge in [-0.3, -0.25) is 4.79 Å². The lowest BCUT2D eigenvalue weighted by atomic mass is 10.2. The van der Waals surface area contributed by atoms with E-state index in [4.69, 9.17) is 0 Å². The van der Waals surface area contributed by atoms with Gasteiger partial charge in [0.2, 0.25) is 5.91 Å². The summed E-state index contributed by atoms with van der Waals surface area (Å²) in [5.41, 5.74) is 0. The highest BCUT2D eigenvalue weighted by Crippen LogP contribution is 2.25. The van der Waals surface area contributed by atoms with Gasteiger partial charge in [0, 0.05) is 33.2 Å². The molecule has 0 saturated heterocycles. The number of amides is 1. The van der Waals surface area contributed by atoms with Crippen molar-refractivity contribution >= 4 is 33.2 Å². The summed E-state index contributed by atoms with van der Waals surface area (Å²) < 4.78 is 1.14. The van der Waals surface area contributed by atoms with Crippen molar-refractivity contribution in [3.05, 3.63) is 20.8 Å². The van der Waals surface area contributed by atoms with Gasteiger partial charge in [-0.2, -0.15) is 0 Å². The van der Waals surface area contributed by atoms with Crippen LogP contribution in [0.3, 0.4) is 0 Å². The highest BCUT2D eigenvalue weighted by molar-refractivity contribution is 9.10. The van der Waals surface area contributed by atoms with Crippen molar-refractivity contribution in [2.24, 2.45) is 0 Å². The van der Waals surface area contributed by atoms with Crippen LogP contribution in [-0.2, 0) is 4.79 Å². The summed E-state index contributed by atoms with van der Waals surface area (Å²) in [5, 5.41) is 8.55. The Bertz CT molecular complexity index is 403. The molecule has 3 nitrogen and oxygen atoms in total. The molecule has 1 atom stereocenters. The van der Waals surface area contributed by atoms with Gasteiger partial charge in [0.05, 0.1) is 0 Å². The molecule has 1 fully saturated rings. The van der Waals surface area contributed by atoms with Crippen LogP contribution in [0.2, 0.25) is 0 Å². The molecule has 2 N–H and O–H groups in total. The van der Waals surface area contributed by atoms with E-state index in [1.807, 2.05) is 0 Å². The van der Waals surface area contributed by atoms with E-state index in [9.17, 15) is 4.79 Å². The zero-order valence-electron chi connectivity index (χ0n) is 10.5. The van der Waals surface area contributed by atoms with Crippen molar-refractivity contribution in [1.82, 2.24) is 10.6 Å². The van der Waals surface area contributed by atoms with E-state index in [2.05, 4.69) is 44.9 Å². The second kappa shape index (κ2) is 6.68. The molecule has 0 bridgehead atoms. The summed E-state index contributed by atoms with van der Waals surface area (Å²) in [4.78, 5) is 12.8. The van der Waals surface area contributed by atoms with Gasteiger partial charge in [0.25, 0.3) is 0 Å². The van der Waals surface area contributed by atoms with Crippen LogP contribution in [0.4, 0.5) is 0 Å². The summed E-state index contributed by atoms with van der Waals surface area (Å²) in [7, 11) is 0. The van der Waals surface area contributed by atoms with Crippen LogP contribution in [0.15, 0.2) is 15.9 Å². The number of hydrogen-bond acceptors (Lipinski definition) is 3. The number of thiophene rings is 1. The van der Waals surface area contributed by atoms with E-state index in [1.165, 1.54) is 4.88 Å². The van der Waals surface area contributed by atoms with Crippen molar-refractivity contribution < 1.29 is 4.79 Å². The highest BCUT2D eigenvalue weighted by atomic mass is 79.9. The van der Waals surface area contributed by atoms with Gasteiger partial charge in [-0.05, 0) is 54.7 Å². The number of hydrogen-bond donors (Lipinski definition) is 2. The van der Waals surface area contributed by atoms with Crippen LogP contribution >= 0.6 is 27.3 Å². The van der Waals surface area contributed by atoms with E-state index >= 15 is 0 Å². The van der Waals surface area contributed by atoms with E-state index in [1.54, 1.807) is 11.3 Å². The molecule has 18 heavy (non-hydrogen) atoms. The summed E-state index contributed by atoms with van der Waals surface area (Å²) in [5.74, 6) is 0.200. The maximum Gasteiger partial charge on any atom is 0.220 e. The van der Waals surface area contributed by atoms with Crippen molar-refractivity contribution in [2.45, 2.75) is 44.7 Å². The third-order valence-corrected chi connectivity index (χ3v) is 4.86. The maximum atomic E-state index is 11.5. The van der Waals surface area contributed by atoms with E-state index < -0.39 is 0 Å². The molecule has 1 saturated carbocycles. The third kappa shape index (κ3) is 4.71. The van der Waals surface area contributed by atoms with Gasteiger partial charge in [0.1, 0.15) is 0 Å². The Morgan fingerprint density at radius 2 is 2.39 bits per heavy atom. The summed E-state index contributed by atoms with van der Waals surface area (Å²) >= 11 is 5.21. The minimum atomic E-state index is 0.200. The molecule has 1 aliphatic rings. The molecule has 1 unspecified atom stereocenters. The van der Waals surface area contributed by atoms with Crippen molar-refractivity contribution in [2.75, 3.05) is 6.54 Å². The minimum Gasteiger partial charge on any atom is -0.353 e. The number of carbonyl (C=O) groups is 1. The average molecular weight is 331 g/mol. The van der Waals surface area contributed by atoms with E-state index in [0.29, 0.717) is 18.5 Å². The first kappa shape index (κ1) is 14.0. The van der Waals surface area contributed by atoms with Gasteiger partial charge >= 0.3 is 0 Å². The SMILES string of the molecule is CC(NCCCC(=O)NC1CC1)c1cc(Br)cs1. The normalized spacial score (nSPS) is 16.6. The van der Waals surface area contributed by atoms with Gasteiger partial charge < -0.3 is 10.6 Å². The highest BCUT2D eigenvalue weighted by Gasteiger charge is 2.22. The lowest BCUT2D eigenvalue weighted by Crippen LogP contribution is -2.26. The lowest BCUT2D eigenvalue weighted by Gasteiger charge is -2.11. The quantitative estimate of drug-likeness (QED) is 0.753. The zero-order valence-corrected chi connectivity index (χ0v) is 12.9. The van der Waals surface area contributed by atoms with Crippen molar-refractivity contribution in [1.29, 1.82) is 0 Å². The van der Waals surface area contributed by atoms with Crippen molar-refractivity contribution in [3.8, 4) is 0 Å². The van der Waals surface area contributed by atoms with Crippen LogP contribution in [0.1, 0.15) is 43.5 Å². The maximum absolute atomic E-state index is 11.5. The largest absolute Gasteiger partial charge is 0.353 e. The molecule has 0 aliphatic heterocycles. The van der Waals surface area contributed by atoms with Crippen LogP contribution in [0.25, 0.3) is 0 Å². The molecule has 1 amide bonds. The fraction of sp³-hybridized carbons (Fsp3) is 0.615. The molecule has 0 radical (unpaired) electrons. The van der Waals surface area contributed by atoms with Gasteiger partial charge in [-0.15, -0.1) is 11.3 Å². The summed E-state index contributed by atoms with van der Waals surface area (Å²) in [6, 6.07) is 2.97. The Labute approximate surface area is 120 Å². The fourth-order valence-electron chi connectivity index (χ4n) is 1.75. The van der Waals surface area contributed by atoms with Crippen LogP contribution in [0.5, 0.6) is 0 Å². The standard InChI is InChI=1S/C13H19BrN2OS/c1-9(12-7-10(14)8-18-12)15-6-2-3-13(17)16-11-4-5-11/h7-9,11,15H,2-6H2,1H3,(H,16,17). The monoisotopic (exact) mass is 330 g/mol. The first-order valence-electron chi connectivity index (χ1n) is 6.42. The lowest BCUT2D eigenvalue weighted by molar-refractivity contribution is -0.121. The molecule has 2 rings (SSSR count). The van der Waals surface area contributed by atoms with Gasteiger partial charge in [-0.25, -0.2) is 0 Å². The molecular weight excluding hydrogens is 312 g/mol. The first-order chi connectivity index (χ1) is 8.65. The predicted octanol–water partition coefficient (Wildman–Crippen LogP) is 3.22. The van der Waals surface area contributed by atoms with E-state index in [-0.39, 0.29) is 5.91 Å². The average Bonchev–Trinajstić information content (AvgIpc) is 3.03. The molecule has 1 aromatic heterocycles. The fourth-order valence-corrected chi connectivity index (χ4v) is 3.23. The van der Waals surface area contributed by atoms with Crippen LogP contribution in [0, 0.1) is 0 Å². The molecule has 1 aromatic rings. The Kier molecular flexibility index (Phi) is 5.21. The Morgan fingerprint density at radius 1 is 1.61 bits per heavy atom. The minimum absolute atomic E-state index is 0.200. The third-order valence-electron chi connectivity index (χ3n) is 2.99. The number of carbonyl (C=O) groups excluding carboxylic acids is 1. The zero-order chi connectivity index (χ0) is 13.0. The van der Waals surface area contributed by atoms with Crippen LogP contribution < -0.4 is 10.6 Å². The van der Waals surface area contributed by atoms with E-state index in [0.717, 1.165) is 30.3 Å². The number of halogens is 1. The van der Waals surface area contributed by atoms with Crippen molar-refractivity contribution in [3.63, 3.8) is 0 Å². The second-order valence-electron chi connectivity index (χ2n) is 4.79. The molecule has 1 heterocycles. The Hall–Kier alpha value is -0.390. The van der Waals surface area contributed by atoms with Crippen LogP contribution in [-0.4, -0.2) is 18.5 Å². The molecule has 5 heteroatoms.